The van der Waals surface area contributed by atoms with E-state index >= 15 is 0 Å². The molecule has 14 nitrogen and oxygen atoms in total. The molecule has 0 aliphatic heterocycles. The highest BCUT2D eigenvalue weighted by Crippen LogP contribution is 2.43. The van der Waals surface area contributed by atoms with Crippen LogP contribution in [-0.4, -0.2) is 98.6 Å². The van der Waals surface area contributed by atoms with Crippen LogP contribution < -0.4 is 11.1 Å². The average molecular weight is 849 g/mol. The van der Waals surface area contributed by atoms with Crippen LogP contribution in [0.2, 0.25) is 0 Å². The molecule has 0 aromatic carbocycles. The number of Topliss-reactive ketones (excluding diaryl/α,β-unsaturated/α-hetero) is 1. The van der Waals surface area contributed by atoms with Gasteiger partial charge in [0, 0.05) is 32.1 Å². The summed E-state index contributed by atoms with van der Waals surface area (Å²) in [5, 5.41) is 2.62. The Morgan fingerprint density at radius 1 is 0.638 bits per heavy atom. The lowest BCUT2D eigenvalue weighted by Gasteiger charge is -2.24. The number of phosphoric acid groups is 1. The number of ketones is 1. The number of carbonyl (C=O) groups excluding carboxylic acids is 5. The summed E-state index contributed by atoms with van der Waals surface area (Å²) >= 11 is 0. The van der Waals surface area contributed by atoms with Gasteiger partial charge in [-0.05, 0) is 32.1 Å². The van der Waals surface area contributed by atoms with Gasteiger partial charge in [0.2, 0.25) is 11.8 Å². The molecule has 0 bridgehead atoms. The average Bonchev–Trinajstić information content (AvgIpc) is 3.15. The van der Waals surface area contributed by atoms with Crippen molar-refractivity contribution in [2.24, 2.45) is 5.73 Å². The fourth-order valence-electron chi connectivity index (χ4n) is 6.23. The van der Waals surface area contributed by atoms with E-state index in [-0.39, 0.29) is 44.2 Å². The van der Waals surface area contributed by atoms with E-state index in [1.807, 2.05) is 21.1 Å². The third-order valence-corrected chi connectivity index (χ3v) is 10.9. The Hall–Kier alpha value is -2.38. The number of quaternary nitrogens is 1. The number of rotatable bonds is 41. The molecule has 58 heavy (non-hydrogen) atoms. The van der Waals surface area contributed by atoms with Crippen molar-refractivity contribution < 1.29 is 56.4 Å². The van der Waals surface area contributed by atoms with Crippen LogP contribution in [0.4, 0.5) is 0 Å². The molecule has 0 fully saturated rings. The summed E-state index contributed by atoms with van der Waals surface area (Å²) in [5.41, 5.74) is 5.37. The highest BCUT2D eigenvalue weighted by Gasteiger charge is 2.27. The molecule has 0 aliphatic carbocycles. The fraction of sp³-hybridized carbons (Fsp3) is 0.884. The number of hydrogen-bond donors (Lipinski definition) is 3. The first kappa shape index (κ1) is 55.6. The second kappa shape index (κ2) is 35.4. The third-order valence-electron chi connectivity index (χ3n) is 9.94. The quantitative estimate of drug-likeness (QED) is 0.0231. The van der Waals surface area contributed by atoms with Crippen LogP contribution in [0.25, 0.3) is 0 Å². The van der Waals surface area contributed by atoms with Gasteiger partial charge < -0.3 is 29.9 Å². The van der Waals surface area contributed by atoms with Gasteiger partial charge in [0.1, 0.15) is 31.6 Å². The molecular weight excluding hydrogens is 765 g/mol. The van der Waals surface area contributed by atoms with E-state index in [1.165, 1.54) is 57.8 Å². The van der Waals surface area contributed by atoms with Gasteiger partial charge in [-0.1, -0.05) is 123 Å². The number of unbranched alkanes of at least 4 members (excludes halogenated alkanes) is 18. The van der Waals surface area contributed by atoms with Gasteiger partial charge in [0.15, 0.2) is 6.10 Å². The van der Waals surface area contributed by atoms with Crippen molar-refractivity contribution in [1.82, 2.24) is 5.32 Å². The van der Waals surface area contributed by atoms with E-state index in [4.69, 9.17) is 24.3 Å². The Morgan fingerprint density at radius 2 is 1.10 bits per heavy atom. The van der Waals surface area contributed by atoms with Crippen molar-refractivity contribution >= 4 is 37.4 Å². The summed E-state index contributed by atoms with van der Waals surface area (Å²) in [6.07, 6.45) is 22.6. The molecule has 0 saturated carbocycles. The van der Waals surface area contributed by atoms with Gasteiger partial charge in [-0.3, -0.25) is 33.0 Å². The van der Waals surface area contributed by atoms with Crippen molar-refractivity contribution in [3.8, 4) is 0 Å². The number of phosphoric ester groups is 1. The van der Waals surface area contributed by atoms with Gasteiger partial charge in [-0.25, -0.2) is 4.57 Å². The molecule has 0 radical (unpaired) electrons. The van der Waals surface area contributed by atoms with Crippen molar-refractivity contribution in [2.75, 3.05) is 47.5 Å². The molecule has 15 heteroatoms. The van der Waals surface area contributed by atoms with Gasteiger partial charge >= 0.3 is 19.8 Å². The number of nitrogens with two attached hydrogens (primary N) is 1. The summed E-state index contributed by atoms with van der Waals surface area (Å²) in [4.78, 5) is 70.7. The number of nitrogens with one attached hydrogen (secondary N) is 1. The topological polar surface area (TPSA) is 198 Å². The highest BCUT2D eigenvalue weighted by atomic mass is 31.2. The lowest BCUT2D eigenvalue weighted by atomic mass is 10.0. The summed E-state index contributed by atoms with van der Waals surface area (Å²) in [5.74, 6) is -1.51. The summed E-state index contributed by atoms with van der Waals surface area (Å²) in [6.45, 7) is 3.66. The number of amides is 2. The summed E-state index contributed by atoms with van der Waals surface area (Å²) < 4.78 is 34.1. The third kappa shape index (κ3) is 36.7. The first-order valence-electron chi connectivity index (χ1n) is 22.5. The molecular formula is C43H83N3O11P+. The molecule has 340 valence electrons. The number of likely N-dealkylation sites (N-methyl/N-ethyl adjacent to an activating group) is 1. The maximum absolute atomic E-state index is 12.7. The van der Waals surface area contributed by atoms with Crippen LogP contribution in [0.15, 0.2) is 0 Å². The number of esters is 2. The maximum atomic E-state index is 12.7. The molecule has 0 saturated heterocycles. The van der Waals surface area contributed by atoms with Crippen LogP contribution in [0.5, 0.6) is 0 Å². The zero-order valence-electron chi connectivity index (χ0n) is 37.1. The molecule has 0 rings (SSSR count). The Labute approximate surface area is 351 Å². The molecule has 0 aromatic heterocycles. The fourth-order valence-corrected chi connectivity index (χ4v) is 6.97. The standard InChI is InChI=1S/C43H82N3O11P/c1-6-8-9-10-11-12-13-14-15-16-17-20-26-31-41(49)54-35-38(36-56-58(52,53)55-34-33-46(3,4)5)57-42(50)32-27-21-18-19-23-28-37(47)29-24-22-25-30-39(43(44)51)45-40(48)7-2/h38-39H,6-36H2,1-5H3,(H3-,44,45,48,51,52,53)/p+1/t38-,39?/m1/s1. The van der Waals surface area contributed by atoms with Crippen molar-refractivity contribution in [3.63, 3.8) is 0 Å². The predicted octanol–water partition coefficient (Wildman–Crippen LogP) is 8.39. The van der Waals surface area contributed by atoms with E-state index < -0.39 is 44.4 Å². The highest BCUT2D eigenvalue weighted by molar-refractivity contribution is 7.47. The lowest BCUT2D eigenvalue weighted by molar-refractivity contribution is -0.870. The molecule has 0 spiro atoms. The van der Waals surface area contributed by atoms with E-state index in [1.54, 1.807) is 6.92 Å². The van der Waals surface area contributed by atoms with Crippen LogP contribution >= 0.6 is 7.82 Å². The molecule has 3 atom stereocenters. The Kier molecular flexibility index (Phi) is 33.9. The van der Waals surface area contributed by atoms with Crippen molar-refractivity contribution in [2.45, 2.75) is 199 Å². The first-order chi connectivity index (χ1) is 27.6. The SMILES string of the molecule is CCCCCCCCCCCCCCCC(=O)OC[C@H](COP(=O)(O)OCC[N+](C)(C)C)OC(=O)CCCCCCCC(=O)CCCCCC(NC(=O)CC)C(N)=O. The monoisotopic (exact) mass is 849 g/mol. The lowest BCUT2D eigenvalue weighted by Crippen LogP contribution is -2.44. The first-order valence-corrected chi connectivity index (χ1v) is 24.0. The zero-order valence-corrected chi connectivity index (χ0v) is 38.0. The number of ether oxygens (including phenoxy) is 2. The van der Waals surface area contributed by atoms with Gasteiger partial charge in [-0.2, -0.15) is 0 Å². The maximum Gasteiger partial charge on any atom is 0.472 e. The molecule has 0 heterocycles. The summed E-state index contributed by atoms with van der Waals surface area (Å²) in [7, 11) is 1.34. The summed E-state index contributed by atoms with van der Waals surface area (Å²) in [6, 6.07) is -0.678. The smallest absolute Gasteiger partial charge is 0.462 e. The van der Waals surface area contributed by atoms with Crippen LogP contribution in [-0.2, 0) is 47.1 Å². The molecule has 0 aliphatic rings. The predicted molar refractivity (Wildman–Crippen MR) is 228 cm³/mol. The second-order valence-corrected chi connectivity index (χ2v) is 18.1. The minimum atomic E-state index is -4.43. The molecule has 2 amide bonds. The van der Waals surface area contributed by atoms with E-state index in [9.17, 15) is 33.4 Å². The number of carbonyl (C=O) groups is 5. The Balaban J connectivity index is 4.46. The van der Waals surface area contributed by atoms with Crippen LogP contribution in [0, 0.1) is 0 Å². The molecule has 0 aromatic rings. The molecule has 2 unspecified atom stereocenters. The van der Waals surface area contributed by atoms with Crippen molar-refractivity contribution in [1.29, 1.82) is 0 Å². The van der Waals surface area contributed by atoms with Gasteiger partial charge in [0.25, 0.3) is 0 Å². The van der Waals surface area contributed by atoms with E-state index in [2.05, 4.69) is 12.2 Å². The van der Waals surface area contributed by atoms with E-state index in [0.717, 1.165) is 57.8 Å². The number of primary amides is 1. The number of nitrogens with zero attached hydrogens (tertiary/aromatic N) is 1. The van der Waals surface area contributed by atoms with Gasteiger partial charge in [0.05, 0.1) is 27.7 Å². The zero-order chi connectivity index (χ0) is 43.5. The minimum Gasteiger partial charge on any atom is -0.462 e. The number of hydrogen-bond acceptors (Lipinski definition) is 10. The second-order valence-electron chi connectivity index (χ2n) is 16.7. The van der Waals surface area contributed by atoms with Gasteiger partial charge in [-0.15, -0.1) is 0 Å². The van der Waals surface area contributed by atoms with Crippen LogP contribution in [0.1, 0.15) is 187 Å². The Morgan fingerprint density at radius 3 is 1.59 bits per heavy atom. The van der Waals surface area contributed by atoms with E-state index in [0.29, 0.717) is 49.6 Å². The van der Waals surface area contributed by atoms with Crippen LogP contribution in [0.3, 0.4) is 0 Å². The normalized spacial score (nSPS) is 13.7. The minimum absolute atomic E-state index is 0.00772. The Bertz CT molecular complexity index is 1160. The largest absolute Gasteiger partial charge is 0.472 e. The van der Waals surface area contributed by atoms with Crippen molar-refractivity contribution in [3.05, 3.63) is 0 Å². The molecule has 4 N–H and O–H groups in total.